The molecule has 0 heterocycles. The number of alkyl halides is 2. The minimum atomic E-state index is -2.10. The Hall–Kier alpha value is -0.140. The van der Waals surface area contributed by atoms with E-state index in [2.05, 4.69) is 13.8 Å². The van der Waals surface area contributed by atoms with E-state index in [4.69, 9.17) is 0 Å². The monoisotopic (exact) mass is 180 g/mol. The van der Waals surface area contributed by atoms with Gasteiger partial charge in [0.1, 0.15) is 0 Å². The van der Waals surface area contributed by atoms with Crippen molar-refractivity contribution in [2.45, 2.75) is 65.7 Å². The molecule has 0 aromatic rings. The standard InChI is InChI=1S/C5H10F2.C5H12/c1-2-3-4-5(6)7;1-3-5-4-2/h5H,2-4H2,1H3;3-5H2,1-2H3. The molecule has 0 aliphatic heterocycles. The van der Waals surface area contributed by atoms with Gasteiger partial charge in [-0.3, -0.25) is 0 Å². The van der Waals surface area contributed by atoms with Crippen LogP contribution in [0.15, 0.2) is 0 Å². The van der Waals surface area contributed by atoms with Gasteiger partial charge in [0.25, 0.3) is 0 Å². The van der Waals surface area contributed by atoms with Crippen molar-refractivity contribution in [1.29, 1.82) is 0 Å². The molecule has 76 valence electrons. The Morgan fingerprint density at radius 1 is 0.833 bits per heavy atom. The second-order valence-corrected chi connectivity index (χ2v) is 2.89. The molecule has 0 saturated heterocycles. The number of rotatable bonds is 5. The van der Waals surface area contributed by atoms with E-state index in [9.17, 15) is 8.78 Å². The predicted molar refractivity (Wildman–Crippen MR) is 50.7 cm³/mol. The molecule has 0 radical (unpaired) electrons. The molecular weight excluding hydrogens is 158 g/mol. The third-order valence-electron chi connectivity index (χ3n) is 1.48. The first-order valence-corrected chi connectivity index (χ1v) is 4.97. The zero-order chi connectivity index (χ0) is 9.82. The Morgan fingerprint density at radius 3 is 1.33 bits per heavy atom. The summed E-state index contributed by atoms with van der Waals surface area (Å²) in [6.45, 7) is 6.33. The minimum absolute atomic E-state index is 0.0660. The molecule has 0 bridgehead atoms. The molecule has 0 N–H and O–H groups in total. The fraction of sp³-hybridized carbons (Fsp3) is 1.00. The first-order chi connectivity index (χ1) is 5.68. The van der Waals surface area contributed by atoms with Crippen LogP contribution in [0.1, 0.15) is 59.3 Å². The van der Waals surface area contributed by atoms with Crippen molar-refractivity contribution in [3.05, 3.63) is 0 Å². The third kappa shape index (κ3) is 22.5. The summed E-state index contributed by atoms with van der Waals surface area (Å²) in [5.41, 5.74) is 0. The van der Waals surface area contributed by atoms with Crippen molar-refractivity contribution in [3.63, 3.8) is 0 Å². The zero-order valence-electron chi connectivity index (χ0n) is 8.58. The van der Waals surface area contributed by atoms with Crippen LogP contribution in [0.5, 0.6) is 0 Å². The van der Waals surface area contributed by atoms with E-state index >= 15 is 0 Å². The molecule has 0 nitrogen and oxygen atoms in total. The van der Waals surface area contributed by atoms with Crippen LogP contribution in [0.3, 0.4) is 0 Å². The molecule has 0 atom stereocenters. The number of hydrogen-bond donors (Lipinski definition) is 0. The summed E-state index contributed by atoms with van der Waals surface area (Å²) in [6, 6.07) is 0. The average molecular weight is 180 g/mol. The van der Waals surface area contributed by atoms with Crippen LogP contribution in [0.25, 0.3) is 0 Å². The van der Waals surface area contributed by atoms with Gasteiger partial charge in [0.15, 0.2) is 0 Å². The molecule has 0 saturated carbocycles. The molecule has 0 aromatic heterocycles. The van der Waals surface area contributed by atoms with Gasteiger partial charge in [0.05, 0.1) is 0 Å². The van der Waals surface area contributed by atoms with Crippen LogP contribution in [0, 0.1) is 0 Å². The van der Waals surface area contributed by atoms with E-state index in [1.807, 2.05) is 6.92 Å². The van der Waals surface area contributed by atoms with E-state index in [1.165, 1.54) is 19.3 Å². The molecule has 0 spiro atoms. The summed E-state index contributed by atoms with van der Waals surface area (Å²) in [5, 5.41) is 0. The minimum Gasteiger partial charge on any atom is -0.211 e. The number of hydrogen-bond acceptors (Lipinski definition) is 0. The summed E-state index contributed by atoms with van der Waals surface area (Å²) in [6.07, 6.45) is 3.56. The lowest BCUT2D eigenvalue weighted by Crippen LogP contribution is -1.87. The van der Waals surface area contributed by atoms with Crippen molar-refractivity contribution >= 4 is 0 Å². The quantitative estimate of drug-likeness (QED) is 0.578. The normalized spacial score (nSPS) is 9.50. The smallest absolute Gasteiger partial charge is 0.211 e. The summed E-state index contributed by atoms with van der Waals surface area (Å²) >= 11 is 0. The van der Waals surface area contributed by atoms with Crippen molar-refractivity contribution in [2.24, 2.45) is 0 Å². The molecule has 12 heavy (non-hydrogen) atoms. The maximum absolute atomic E-state index is 11.2. The van der Waals surface area contributed by atoms with Crippen LogP contribution in [0.2, 0.25) is 0 Å². The van der Waals surface area contributed by atoms with Gasteiger partial charge in [-0.1, -0.05) is 46.5 Å². The lowest BCUT2D eigenvalue weighted by atomic mass is 10.3. The molecule has 0 aliphatic carbocycles. The van der Waals surface area contributed by atoms with Crippen molar-refractivity contribution in [3.8, 4) is 0 Å². The second-order valence-electron chi connectivity index (χ2n) is 2.89. The number of unbranched alkanes of at least 4 members (excludes halogenated alkanes) is 3. The summed E-state index contributed by atoms with van der Waals surface area (Å²) in [7, 11) is 0. The van der Waals surface area contributed by atoms with Gasteiger partial charge in [-0.05, 0) is 6.42 Å². The lowest BCUT2D eigenvalue weighted by molar-refractivity contribution is 0.134. The molecule has 0 rings (SSSR count). The fourth-order valence-corrected chi connectivity index (χ4v) is 0.712. The van der Waals surface area contributed by atoms with Gasteiger partial charge in [-0.25, -0.2) is 8.78 Å². The summed E-state index contributed by atoms with van der Waals surface area (Å²) in [5.74, 6) is 0. The SMILES string of the molecule is CCCCC.CCCCC(F)F. The first-order valence-electron chi connectivity index (χ1n) is 4.97. The van der Waals surface area contributed by atoms with Gasteiger partial charge in [0, 0.05) is 6.42 Å². The highest BCUT2D eigenvalue weighted by molar-refractivity contribution is 4.37. The van der Waals surface area contributed by atoms with Crippen LogP contribution in [-0.4, -0.2) is 6.43 Å². The average Bonchev–Trinajstić information content (AvgIpc) is 2.03. The molecule has 0 aromatic carbocycles. The van der Waals surface area contributed by atoms with Crippen molar-refractivity contribution in [2.75, 3.05) is 0 Å². The molecular formula is C10H22F2. The Kier molecular flexibility index (Phi) is 16.1. The molecule has 2 heteroatoms. The van der Waals surface area contributed by atoms with E-state index in [0.717, 1.165) is 6.42 Å². The summed E-state index contributed by atoms with van der Waals surface area (Å²) in [4.78, 5) is 0. The van der Waals surface area contributed by atoms with E-state index in [-0.39, 0.29) is 6.42 Å². The highest BCUT2D eigenvalue weighted by Crippen LogP contribution is 2.03. The molecule has 0 unspecified atom stereocenters. The predicted octanol–water partition coefficient (Wildman–Crippen LogP) is 4.64. The van der Waals surface area contributed by atoms with E-state index in [0.29, 0.717) is 6.42 Å². The van der Waals surface area contributed by atoms with Crippen LogP contribution >= 0.6 is 0 Å². The topological polar surface area (TPSA) is 0 Å². The summed E-state index contributed by atoms with van der Waals surface area (Å²) < 4.78 is 22.4. The largest absolute Gasteiger partial charge is 0.238 e. The fourth-order valence-electron chi connectivity index (χ4n) is 0.712. The maximum atomic E-state index is 11.2. The van der Waals surface area contributed by atoms with Crippen molar-refractivity contribution < 1.29 is 8.78 Å². The zero-order valence-corrected chi connectivity index (χ0v) is 8.58. The van der Waals surface area contributed by atoms with Gasteiger partial charge in [-0.2, -0.15) is 0 Å². The molecule has 0 aliphatic rings. The van der Waals surface area contributed by atoms with E-state index in [1.54, 1.807) is 0 Å². The van der Waals surface area contributed by atoms with Gasteiger partial charge < -0.3 is 0 Å². The van der Waals surface area contributed by atoms with Gasteiger partial charge in [-0.15, -0.1) is 0 Å². The first kappa shape index (κ1) is 14.4. The lowest BCUT2D eigenvalue weighted by Gasteiger charge is -1.91. The second kappa shape index (κ2) is 13.4. The maximum Gasteiger partial charge on any atom is 0.238 e. The van der Waals surface area contributed by atoms with Crippen LogP contribution in [0.4, 0.5) is 8.78 Å². The van der Waals surface area contributed by atoms with Gasteiger partial charge in [0.2, 0.25) is 6.43 Å². The van der Waals surface area contributed by atoms with Crippen LogP contribution < -0.4 is 0 Å². The molecule has 0 amide bonds. The third-order valence-corrected chi connectivity index (χ3v) is 1.48. The highest BCUT2D eigenvalue weighted by atomic mass is 19.3. The Balaban J connectivity index is 0. The highest BCUT2D eigenvalue weighted by Gasteiger charge is 1.97. The Morgan fingerprint density at radius 2 is 1.25 bits per heavy atom. The number of halogens is 2. The van der Waals surface area contributed by atoms with Crippen molar-refractivity contribution in [1.82, 2.24) is 0 Å². The Labute approximate surface area is 75.4 Å². The van der Waals surface area contributed by atoms with Gasteiger partial charge >= 0.3 is 0 Å². The molecule has 0 fully saturated rings. The van der Waals surface area contributed by atoms with E-state index < -0.39 is 6.43 Å². The van der Waals surface area contributed by atoms with Crippen LogP contribution in [-0.2, 0) is 0 Å². The Bertz CT molecular complexity index is 60.9.